The standard InChI is InChI=1S/C16H17F3N4O2/c1-21-9-12(8-20-21)6-11-4-5-22(10-11)14-3-2-13(16(17,18)19)7-15(14)23(24)25/h2-3,7-9,11H,4-6,10H2,1H3. The number of hydrogen-bond acceptors (Lipinski definition) is 4. The maximum atomic E-state index is 12.8. The van der Waals surface area contributed by atoms with E-state index in [4.69, 9.17) is 0 Å². The van der Waals surface area contributed by atoms with Gasteiger partial charge in [0.1, 0.15) is 5.69 Å². The van der Waals surface area contributed by atoms with Gasteiger partial charge >= 0.3 is 6.18 Å². The summed E-state index contributed by atoms with van der Waals surface area (Å²) in [5.74, 6) is 0.283. The molecule has 1 aliphatic heterocycles. The molecule has 25 heavy (non-hydrogen) atoms. The molecular formula is C16H17F3N4O2. The van der Waals surface area contributed by atoms with Crippen molar-refractivity contribution in [3.8, 4) is 0 Å². The Morgan fingerprint density at radius 3 is 2.76 bits per heavy atom. The van der Waals surface area contributed by atoms with Gasteiger partial charge in [-0.15, -0.1) is 0 Å². The third kappa shape index (κ3) is 3.75. The van der Waals surface area contributed by atoms with Crippen molar-refractivity contribution in [1.82, 2.24) is 9.78 Å². The molecule has 0 saturated carbocycles. The van der Waals surface area contributed by atoms with Crippen LogP contribution in [0.5, 0.6) is 0 Å². The van der Waals surface area contributed by atoms with Crippen molar-refractivity contribution < 1.29 is 18.1 Å². The summed E-state index contributed by atoms with van der Waals surface area (Å²) in [7, 11) is 1.83. The number of halogens is 3. The molecule has 2 heterocycles. The monoisotopic (exact) mass is 354 g/mol. The fraction of sp³-hybridized carbons (Fsp3) is 0.438. The number of anilines is 1. The fourth-order valence-electron chi connectivity index (χ4n) is 3.24. The first-order valence-electron chi connectivity index (χ1n) is 7.82. The summed E-state index contributed by atoms with van der Waals surface area (Å²) in [6.45, 7) is 1.15. The first-order valence-corrected chi connectivity index (χ1v) is 7.82. The van der Waals surface area contributed by atoms with Crippen LogP contribution in [0.2, 0.25) is 0 Å². The smallest absolute Gasteiger partial charge is 0.366 e. The van der Waals surface area contributed by atoms with Crippen molar-refractivity contribution in [2.24, 2.45) is 13.0 Å². The van der Waals surface area contributed by atoms with Crippen LogP contribution in [0.25, 0.3) is 0 Å². The predicted octanol–water partition coefficient (Wildman–Crippen LogP) is 3.42. The molecule has 9 heteroatoms. The number of hydrogen-bond donors (Lipinski definition) is 0. The third-order valence-electron chi connectivity index (χ3n) is 4.41. The molecule has 0 amide bonds. The topological polar surface area (TPSA) is 64.2 Å². The Kier molecular flexibility index (Phi) is 4.40. The SMILES string of the molecule is Cn1cc(CC2CCN(c3ccc(C(F)(F)F)cc3[N+](=O)[O-])C2)cn1. The van der Waals surface area contributed by atoms with Crippen molar-refractivity contribution in [2.45, 2.75) is 19.0 Å². The van der Waals surface area contributed by atoms with Gasteiger partial charge in [-0.25, -0.2) is 0 Å². The van der Waals surface area contributed by atoms with Gasteiger partial charge < -0.3 is 4.90 Å². The lowest BCUT2D eigenvalue weighted by molar-refractivity contribution is -0.384. The van der Waals surface area contributed by atoms with Crippen LogP contribution in [0, 0.1) is 16.0 Å². The van der Waals surface area contributed by atoms with Crippen molar-refractivity contribution in [1.29, 1.82) is 0 Å². The molecule has 2 aromatic rings. The molecule has 1 fully saturated rings. The zero-order chi connectivity index (χ0) is 18.2. The summed E-state index contributed by atoms with van der Waals surface area (Å²) < 4.78 is 40.1. The molecule has 1 aromatic heterocycles. The van der Waals surface area contributed by atoms with Crippen molar-refractivity contribution in [2.75, 3.05) is 18.0 Å². The van der Waals surface area contributed by atoms with Crippen LogP contribution in [0.15, 0.2) is 30.6 Å². The lowest BCUT2D eigenvalue weighted by Crippen LogP contribution is -2.21. The van der Waals surface area contributed by atoms with Crippen molar-refractivity contribution in [3.05, 3.63) is 51.8 Å². The molecule has 134 valence electrons. The first kappa shape index (κ1) is 17.2. The van der Waals surface area contributed by atoms with Crippen LogP contribution in [0.4, 0.5) is 24.5 Å². The molecule has 1 saturated heterocycles. The summed E-state index contributed by atoms with van der Waals surface area (Å²) >= 11 is 0. The fourth-order valence-corrected chi connectivity index (χ4v) is 3.24. The highest BCUT2D eigenvalue weighted by Crippen LogP contribution is 2.38. The number of nitro benzene ring substituents is 1. The summed E-state index contributed by atoms with van der Waals surface area (Å²) in [5, 5.41) is 15.3. The molecule has 3 rings (SSSR count). The Bertz CT molecular complexity index is 788. The van der Waals surface area contributed by atoms with Crippen LogP contribution in [0.1, 0.15) is 17.5 Å². The number of benzene rings is 1. The molecule has 0 bridgehead atoms. The first-order chi connectivity index (χ1) is 11.7. The number of alkyl halides is 3. The average Bonchev–Trinajstić information content (AvgIpc) is 3.15. The Morgan fingerprint density at radius 1 is 1.40 bits per heavy atom. The van der Waals surface area contributed by atoms with Crippen LogP contribution < -0.4 is 4.90 Å². The summed E-state index contributed by atoms with van der Waals surface area (Å²) in [6.07, 6.45) is 0.718. The van der Waals surface area contributed by atoms with E-state index in [1.807, 2.05) is 13.2 Å². The maximum absolute atomic E-state index is 12.8. The van der Waals surface area contributed by atoms with Gasteiger partial charge in [-0.1, -0.05) is 0 Å². The van der Waals surface area contributed by atoms with Crippen molar-refractivity contribution >= 4 is 11.4 Å². The lowest BCUT2D eigenvalue weighted by Gasteiger charge is -2.19. The van der Waals surface area contributed by atoms with Crippen LogP contribution in [-0.2, 0) is 19.6 Å². The highest BCUT2D eigenvalue weighted by atomic mass is 19.4. The number of nitrogens with zero attached hydrogens (tertiary/aromatic N) is 4. The maximum Gasteiger partial charge on any atom is 0.416 e. The van der Waals surface area contributed by atoms with Gasteiger partial charge in [0.05, 0.1) is 16.7 Å². The highest BCUT2D eigenvalue weighted by Gasteiger charge is 2.35. The van der Waals surface area contributed by atoms with E-state index in [0.29, 0.717) is 19.2 Å². The van der Waals surface area contributed by atoms with Crippen LogP contribution in [-0.4, -0.2) is 27.8 Å². The molecule has 1 aromatic carbocycles. The van der Waals surface area contributed by atoms with E-state index in [2.05, 4.69) is 5.10 Å². The van der Waals surface area contributed by atoms with E-state index < -0.39 is 22.4 Å². The lowest BCUT2D eigenvalue weighted by atomic mass is 10.0. The molecule has 1 unspecified atom stereocenters. The van der Waals surface area contributed by atoms with Gasteiger partial charge in [-0.2, -0.15) is 18.3 Å². The van der Waals surface area contributed by atoms with E-state index in [0.717, 1.165) is 24.5 Å². The molecule has 0 spiro atoms. The van der Waals surface area contributed by atoms with Gasteiger partial charge in [0.15, 0.2) is 0 Å². The number of aryl methyl sites for hydroxylation is 1. The third-order valence-corrected chi connectivity index (χ3v) is 4.41. The van der Waals surface area contributed by atoms with Gasteiger partial charge in [0, 0.05) is 32.4 Å². The van der Waals surface area contributed by atoms with Crippen LogP contribution >= 0.6 is 0 Å². The van der Waals surface area contributed by atoms with E-state index in [1.54, 1.807) is 15.8 Å². The minimum Gasteiger partial charge on any atom is -0.366 e. The second kappa shape index (κ2) is 6.38. The Hall–Kier alpha value is -2.58. The Morgan fingerprint density at radius 2 is 2.16 bits per heavy atom. The quantitative estimate of drug-likeness (QED) is 0.623. The largest absolute Gasteiger partial charge is 0.416 e. The zero-order valence-electron chi connectivity index (χ0n) is 13.5. The normalized spacial score (nSPS) is 17.9. The molecule has 1 atom stereocenters. The summed E-state index contributed by atoms with van der Waals surface area (Å²) in [4.78, 5) is 12.3. The van der Waals surface area contributed by atoms with Gasteiger partial charge in [0.25, 0.3) is 5.69 Å². The minimum atomic E-state index is -4.60. The van der Waals surface area contributed by atoms with Gasteiger partial charge in [-0.05, 0) is 36.5 Å². The second-order valence-corrected chi connectivity index (χ2v) is 6.29. The highest BCUT2D eigenvalue weighted by molar-refractivity contribution is 5.65. The molecule has 0 N–H and O–H groups in total. The van der Waals surface area contributed by atoms with E-state index >= 15 is 0 Å². The van der Waals surface area contributed by atoms with Crippen molar-refractivity contribution in [3.63, 3.8) is 0 Å². The van der Waals surface area contributed by atoms with E-state index in [-0.39, 0.29) is 11.6 Å². The number of nitro groups is 1. The molecule has 0 radical (unpaired) electrons. The predicted molar refractivity (Wildman–Crippen MR) is 85.3 cm³/mol. The second-order valence-electron chi connectivity index (χ2n) is 6.29. The van der Waals surface area contributed by atoms with Gasteiger partial charge in [-0.3, -0.25) is 14.8 Å². The van der Waals surface area contributed by atoms with Gasteiger partial charge in [0.2, 0.25) is 0 Å². The Balaban J connectivity index is 1.79. The van der Waals surface area contributed by atoms with Crippen LogP contribution in [0.3, 0.4) is 0 Å². The number of rotatable bonds is 4. The Labute approximate surface area is 142 Å². The average molecular weight is 354 g/mol. The molecule has 6 nitrogen and oxygen atoms in total. The van der Waals surface area contributed by atoms with E-state index in [1.165, 1.54) is 6.07 Å². The summed E-state index contributed by atoms with van der Waals surface area (Å²) in [6, 6.07) is 2.72. The minimum absolute atomic E-state index is 0.242. The molecule has 0 aliphatic carbocycles. The molecular weight excluding hydrogens is 337 g/mol. The zero-order valence-corrected chi connectivity index (χ0v) is 13.5. The van der Waals surface area contributed by atoms with E-state index in [9.17, 15) is 23.3 Å². The molecule has 1 aliphatic rings. The summed E-state index contributed by atoms with van der Waals surface area (Å²) in [5.41, 5.74) is -0.186. The number of aromatic nitrogens is 2.